The number of rotatable bonds is 7. The average Bonchev–Trinajstić information content (AvgIpc) is 3.02. The number of nitrogens with zero attached hydrogens (tertiary/aromatic N) is 2. The van der Waals surface area contributed by atoms with E-state index in [1.165, 1.54) is 16.8 Å². The molecule has 0 saturated heterocycles. The third-order valence-corrected chi connectivity index (χ3v) is 4.82. The van der Waals surface area contributed by atoms with E-state index in [1.54, 1.807) is 23.5 Å². The lowest BCUT2D eigenvalue weighted by atomic mass is 10.2. The highest BCUT2D eigenvalue weighted by Crippen LogP contribution is 2.23. The van der Waals surface area contributed by atoms with Gasteiger partial charge in [0.25, 0.3) is 5.69 Å². The van der Waals surface area contributed by atoms with E-state index < -0.39 is 4.92 Å². The third kappa shape index (κ3) is 4.60. The van der Waals surface area contributed by atoms with Crippen molar-refractivity contribution in [1.82, 2.24) is 4.98 Å². The van der Waals surface area contributed by atoms with Crippen LogP contribution in [0.4, 0.5) is 11.4 Å². The first-order valence-corrected chi connectivity index (χ1v) is 8.82. The number of nitro benzene ring substituents is 1. The van der Waals surface area contributed by atoms with Crippen molar-refractivity contribution < 1.29 is 9.72 Å². The number of amides is 1. The predicted octanol–water partition coefficient (Wildman–Crippen LogP) is 4.56. The quantitative estimate of drug-likeness (QED) is 0.382. The maximum absolute atomic E-state index is 12.0. The fraction of sp³-hybridized carbons (Fsp3) is 0.222. The summed E-state index contributed by atoms with van der Waals surface area (Å²) in [4.78, 5) is 26.8. The Morgan fingerprint density at radius 3 is 2.80 bits per heavy atom. The number of fused-ring (bicyclic) bond motifs is 1. The lowest BCUT2D eigenvalue weighted by molar-refractivity contribution is -0.384. The van der Waals surface area contributed by atoms with E-state index in [-0.39, 0.29) is 11.6 Å². The van der Waals surface area contributed by atoms with E-state index in [0.29, 0.717) is 12.1 Å². The summed E-state index contributed by atoms with van der Waals surface area (Å²) < 4.78 is 1.18. The Kier molecular flexibility index (Phi) is 5.35. The number of thiazole rings is 1. The molecule has 1 aromatic heterocycles. The van der Waals surface area contributed by atoms with Crippen LogP contribution in [0.2, 0.25) is 0 Å². The number of benzene rings is 2. The van der Waals surface area contributed by atoms with Crippen LogP contribution in [0.5, 0.6) is 0 Å². The normalized spacial score (nSPS) is 10.7. The zero-order valence-electron chi connectivity index (χ0n) is 13.5. The SMILES string of the molecule is O=C(CCCCc1nc2ccccc2s1)Nc1cccc([N+](=O)[O-])c1. The van der Waals surface area contributed by atoms with Crippen LogP contribution >= 0.6 is 11.3 Å². The van der Waals surface area contributed by atoms with Gasteiger partial charge < -0.3 is 5.32 Å². The van der Waals surface area contributed by atoms with Gasteiger partial charge in [0.15, 0.2) is 0 Å². The highest BCUT2D eigenvalue weighted by atomic mass is 32.1. The van der Waals surface area contributed by atoms with Gasteiger partial charge in [0.1, 0.15) is 0 Å². The molecule has 25 heavy (non-hydrogen) atoms. The Morgan fingerprint density at radius 2 is 2.00 bits per heavy atom. The Balaban J connectivity index is 1.45. The van der Waals surface area contributed by atoms with E-state index in [9.17, 15) is 14.9 Å². The summed E-state index contributed by atoms with van der Waals surface area (Å²) in [5, 5.41) is 14.5. The second-order valence-electron chi connectivity index (χ2n) is 5.64. The molecule has 7 heteroatoms. The number of carbonyl (C=O) groups is 1. The van der Waals surface area contributed by atoms with Gasteiger partial charge in [-0.2, -0.15) is 0 Å². The number of unbranched alkanes of at least 4 members (excludes halogenated alkanes) is 1. The van der Waals surface area contributed by atoms with Crippen LogP contribution in [0.15, 0.2) is 48.5 Å². The summed E-state index contributed by atoms with van der Waals surface area (Å²) in [6.45, 7) is 0. The average molecular weight is 355 g/mol. The van der Waals surface area contributed by atoms with Crippen LogP contribution in [0.3, 0.4) is 0 Å². The fourth-order valence-electron chi connectivity index (χ4n) is 2.51. The lowest BCUT2D eigenvalue weighted by Crippen LogP contribution is -2.11. The number of para-hydroxylation sites is 1. The molecule has 3 rings (SSSR count). The van der Waals surface area contributed by atoms with Gasteiger partial charge in [0.2, 0.25) is 5.91 Å². The summed E-state index contributed by atoms with van der Waals surface area (Å²) >= 11 is 1.69. The highest BCUT2D eigenvalue weighted by molar-refractivity contribution is 7.18. The van der Waals surface area contributed by atoms with Gasteiger partial charge in [-0.15, -0.1) is 11.3 Å². The molecule has 1 heterocycles. The second kappa shape index (κ2) is 7.85. The Hall–Kier alpha value is -2.80. The van der Waals surface area contributed by atoms with Crippen LogP contribution in [0.25, 0.3) is 10.2 Å². The van der Waals surface area contributed by atoms with Gasteiger partial charge in [-0.25, -0.2) is 4.98 Å². The molecule has 0 aliphatic rings. The molecule has 3 aromatic rings. The molecule has 0 spiro atoms. The second-order valence-corrected chi connectivity index (χ2v) is 6.75. The lowest BCUT2D eigenvalue weighted by Gasteiger charge is -2.04. The minimum atomic E-state index is -0.479. The third-order valence-electron chi connectivity index (χ3n) is 3.72. The van der Waals surface area contributed by atoms with Gasteiger partial charge >= 0.3 is 0 Å². The van der Waals surface area contributed by atoms with E-state index in [0.717, 1.165) is 29.8 Å². The molecule has 0 unspecified atom stereocenters. The minimum absolute atomic E-state index is 0.0337. The first kappa shape index (κ1) is 17.0. The Labute approximate surface area is 148 Å². The molecule has 128 valence electrons. The molecule has 0 radical (unpaired) electrons. The number of nitrogens with one attached hydrogen (secondary N) is 1. The number of nitro groups is 1. The van der Waals surface area contributed by atoms with Crippen LogP contribution in [0.1, 0.15) is 24.3 Å². The summed E-state index contributed by atoms with van der Waals surface area (Å²) in [6, 6.07) is 14.0. The maximum Gasteiger partial charge on any atom is 0.271 e. The van der Waals surface area contributed by atoms with Gasteiger partial charge in [-0.1, -0.05) is 18.2 Å². The number of anilines is 1. The molecule has 0 atom stereocenters. The molecule has 0 fully saturated rings. The van der Waals surface area contributed by atoms with E-state index in [4.69, 9.17) is 0 Å². The predicted molar refractivity (Wildman–Crippen MR) is 98.9 cm³/mol. The molecule has 1 amide bonds. The monoisotopic (exact) mass is 355 g/mol. The standard InChI is InChI=1S/C18H17N3O3S/c22-17(19-13-6-5-7-14(12-13)21(23)24)10-3-4-11-18-20-15-8-1-2-9-16(15)25-18/h1-2,5-9,12H,3-4,10-11H2,(H,19,22). The Morgan fingerprint density at radius 1 is 1.16 bits per heavy atom. The molecular formula is C18H17N3O3S. The summed E-state index contributed by atoms with van der Waals surface area (Å²) in [5.41, 5.74) is 1.44. The molecular weight excluding hydrogens is 338 g/mol. The van der Waals surface area contributed by atoms with Crippen LogP contribution < -0.4 is 5.32 Å². The van der Waals surface area contributed by atoms with Crippen molar-refractivity contribution in [3.8, 4) is 0 Å². The first-order chi connectivity index (χ1) is 12.1. The summed E-state index contributed by atoms with van der Waals surface area (Å²) in [6.07, 6.45) is 2.86. The van der Waals surface area contributed by atoms with E-state index >= 15 is 0 Å². The van der Waals surface area contributed by atoms with E-state index in [2.05, 4.69) is 16.4 Å². The highest BCUT2D eigenvalue weighted by Gasteiger charge is 2.08. The zero-order valence-corrected chi connectivity index (χ0v) is 14.3. The molecule has 0 aliphatic carbocycles. The Bertz CT molecular complexity index is 874. The molecule has 6 nitrogen and oxygen atoms in total. The van der Waals surface area contributed by atoms with Gasteiger partial charge in [-0.3, -0.25) is 14.9 Å². The number of non-ortho nitro benzene ring substituents is 1. The van der Waals surface area contributed by atoms with Crippen LogP contribution in [-0.2, 0) is 11.2 Å². The van der Waals surface area contributed by atoms with Crippen LogP contribution in [0, 0.1) is 10.1 Å². The zero-order chi connectivity index (χ0) is 17.6. The minimum Gasteiger partial charge on any atom is -0.326 e. The number of hydrogen-bond donors (Lipinski definition) is 1. The fourth-order valence-corrected chi connectivity index (χ4v) is 3.52. The number of aryl methyl sites for hydroxylation is 1. The maximum atomic E-state index is 12.0. The smallest absolute Gasteiger partial charge is 0.271 e. The number of hydrogen-bond acceptors (Lipinski definition) is 5. The molecule has 0 saturated carbocycles. The van der Waals surface area contributed by atoms with Gasteiger partial charge in [0.05, 0.1) is 20.1 Å². The summed E-state index contributed by atoms with van der Waals surface area (Å²) in [5.74, 6) is -0.134. The molecule has 0 aliphatic heterocycles. The van der Waals surface area contributed by atoms with Crippen molar-refractivity contribution in [2.45, 2.75) is 25.7 Å². The number of aromatic nitrogens is 1. The largest absolute Gasteiger partial charge is 0.326 e. The van der Waals surface area contributed by atoms with Crippen molar-refractivity contribution in [3.05, 3.63) is 63.7 Å². The van der Waals surface area contributed by atoms with Crippen molar-refractivity contribution in [2.75, 3.05) is 5.32 Å². The van der Waals surface area contributed by atoms with Crippen molar-refractivity contribution in [3.63, 3.8) is 0 Å². The topological polar surface area (TPSA) is 85.1 Å². The molecule has 1 N–H and O–H groups in total. The van der Waals surface area contributed by atoms with Crippen molar-refractivity contribution in [1.29, 1.82) is 0 Å². The first-order valence-electron chi connectivity index (χ1n) is 8.00. The molecule has 2 aromatic carbocycles. The summed E-state index contributed by atoms with van der Waals surface area (Å²) in [7, 11) is 0. The van der Waals surface area contributed by atoms with Crippen molar-refractivity contribution in [2.24, 2.45) is 0 Å². The van der Waals surface area contributed by atoms with E-state index in [1.807, 2.05) is 18.2 Å². The van der Waals surface area contributed by atoms with Gasteiger partial charge in [0, 0.05) is 24.2 Å². The number of carbonyl (C=O) groups excluding carboxylic acids is 1. The van der Waals surface area contributed by atoms with Crippen LogP contribution in [-0.4, -0.2) is 15.8 Å². The van der Waals surface area contributed by atoms with Crippen molar-refractivity contribution >= 4 is 38.8 Å². The molecule has 0 bridgehead atoms. The van der Waals surface area contributed by atoms with Gasteiger partial charge in [-0.05, 0) is 37.5 Å².